The third-order valence-corrected chi connectivity index (χ3v) is 3.68. The number of hydrogen-bond donors (Lipinski definition) is 3. The van der Waals surface area contributed by atoms with Crippen molar-refractivity contribution in [2.45, 2.75) is 0 Å². The van der Waals surface area contributed by atoms with Crippen LogP contribution in [0.15, 0.2) is 40.3 Å². The number of urea groups is 1. The number of carbonyl (C=O) groups is 2. The summed E-state index contributed by atoms with van der Waals surface area (Å²) < 4.78 is 0.826. The van der Waals surface area contributed by atoms with Gasteiger partial charge in [0.1, 0.15) is 0 Å². The number of carboxylic acid groups (broad SMARTS) is 1. The molecule has 2 rings (SSSR count). The number of nitrogens with zero attached hydrogens (tertiary/aromatic N) is 1. The quantitative estimate of drug-likeness (QED) is 0.719. The second kappa shape index (κ2) is 7.00. The van der Waals surface area contributed by atoms with Crippen molar-refractivity contribution in [2.24, 2.45) is 0 Å². The Hall–Kier alpha value is -2.19. The van der Waals surface area contributed by atoms with Gasteiger partial charge in [0.25, 0.3) is 0 Å². The molecule has 0 fully saturated rings. The number of anilines is 2. The van der Waals surface area contributed by atoms with Gasteiger partial charge >= 0.3 is 12.0 Å². The van der Waals surface area contributed by atoms with Gasteiger partial charge in [-0.25, -0.2) is 14.6 Å². The van der Waals surface area contributed by atoms with E-state index in [1.807, 2.05) is 0 Å². The highest BCUT2D eigenvalue weighted by Crippen LogP contribution is 2.23. The standard InChI is InChI=1S/C13H10BrN3O3S/c14-10-7-15-13(21-10)17-12(20)16-9-4-1-8(2-5-9)3-6-11(18)19/h1-7H,(H,18,19)(H2,15,16,17,20). The molecule has 8 heteroatoms. The first kappa shape index (κ1) is 15.2. The summed E-state index contributed by atoms with van der Waals surface area (Å²) in [5.41, 5.74) is 1.32. The molecule has 1 aromatic heterocycles. The number of benzene rings is 1. The minimum absolute atomic E-state index is 0.398. The van der Waals surface area contributed by atoms with E-state index in [1.54, 1.807) is 30.5 Å². The zero-order valence-corrected chi connectivity index (χ0v) is 12.9. The average molecular weight is 368 g/mol. The lowest BCUT2D eigenvalue weighted by Gasteiger charge is -2.05. The summed E-state index contributed by atoms with van der Waals surface area (Å²) in [4.78, 5) is 26.1. The highest BCUT2D eigenvalue weighted by molar-refractivity contribution is 9.11. The molecule has 3 N–H and O–H groups in total. The van der Waals surface area contributed by atoms with Crippen molar-refractivity contribution in [3.8, 4) is 0 Å². The molecule has 21 heavy (non-hydrogen) atoms. The summed E-state index contributed by atoms with van der Waals surface area (Å²) in [6, 6.07) is 6.37. The van der Waals surface area contributed by atoms with Crippen LogP contribution in [0.4, 0.5) is 15.6 Å². The van der Waals surface area contributed by atoms with Gasteiger partial charge in [-0.05, 0) is 39.7 Å². The van der Waals surface area contributed by atoms with Crippen LogP contribution >= 0.6 is 27.3 Å². The SMILES string of the molecule is O=C(O)C=Cc1ccc(NC(=O)Nc2ncc(Br)s2)cc1. The summed E-state index contributed by atoms with van der Waals surface area (Å²) in [5, 5.41) is 14.3. The topological polar surface area (TPSA) is 91.3 Å². The second-order valence-corrected chi connectivity index (χ2v) is 6.25. The molecule has 2 amide bonds. The number of carboxylic acids is 1. The molecule has 1 aromatic carbocycles. The van der Waals surface area contributed by atoms with Gasteiger partial charge in [0.2, 0.25) is 0 Å². The van der Waals surface area contributed by atoms with E-state index in [4.69, 9.17) is 5.11 Å². The van der Waals surface area contributed by atoms with Crippen LogP contribution in [-0.2, 0) is 4.79 Å². The van der Waals surface area contributed by atoms with Gasteiger partial charge in [-0.15, -0.1) is 0 Å². The molecule has 0 aliphatic rings. The molecule has 0 saturated carbocycles. The highest BCUT2D eigenvalue weighted by atomic mass is 79.9. The first-order valence-electron chi connectivity index (χ1n) is 5.73. The second-order valence-electron chi connectivity index (χ2n) is 3.84. The molecular formula is C13H10BrN3O3S. The largest absolute Gasteiger partial charge is 0.478 e. The lowest BCUT2D eigenvalue weighted by molar-refractivity contribution is -0.131. The fourth-order valence-electron chi connectivity index (χ4n) is 1.42. The number of rotatable bonds is 4. The van der Waals surface area contributed by atoms with E-state index in [0.717, 1.165) is 15.4 Å². The molecule has 0 atom stereocenters. The van der Waals surface area contributed by atoms with E-state index in [9.17, 15) is 9.59 Å². The molecule has 0 aliphatic carbocycles. The lowest BCUT2D eigenvalue weighted by Crippen LogP contribution is -2.19. The Balaban J connectivity index is 1.93. The van der Waals surface area contributed by atoms with Crippen molar-refractivity contribution < 1.29 is 14.7 Å². The normalized spacial score (nSPS) is 10.5. The summed E-state index contributed by atoms with van der Waals surface area (Å²) in [7, 11) is 0. The number of carbonyl (C=O) groups excluding carboxylic acids is 1. The maximum Gasteiger partial charge on any atom is 0.328 e. The number of amides is 2. The molecular weight excluding hydrogens is 358 g/mol. The van der Waals surface area contributed by atoms with E-state index < -0.39 is 12.0 Å². The molecule has 0 radical (unpaired) electrons. The molecule has 2 aromatic rings. The van der Waals surface area contributed by atoms with Crippen LogP contribution in [0.3, 0.4) is 0 Å². The third kappa shape index (κ3) is 5.01. The number of thiazole rings is 1. The maximum atomic E-state index is 11.7. The van der Waals surface area contributed by atoms with Gasteiger partial charge in [-0.2, -0.15) is 0 Å². The predicted octanol–water partition coefficient (Wildman–Crippen LogP) is 3.65. The van der Waals surface area contributed by atoms with Crippen LogP contribution < -0.4 is 10.6 Å². The van der Waals surface area contributed by atoms with Gasteiger partial charge in [-0.3, -0.25) is 5.32 Å². The minimum atomic E-state index is -1.01. The van der Waals surface area contributed by atoms with Crippen molar-refractivity contribution in [1.29, 1.82) is 0 Å². The van der Waals surface area contributed by atoms with Crippen LogP contribution in [-0.4, -0.2) is 22.1 Å². The highest BCUT2D eigenvalue weighted by Gasteiger charge is 2.05. The Morgan fingerprint density at radius 3 is 2.52 bits per heavy atom. The zero-order chi connectivity index (χ0) is 15.2. The van der Waals surface area contributed by atoms with Crippen LogP contribution in [0.1, 0.15) is 5.56 Å². The number of halogens is 1. The first-order chi connectivity index (χ1) is 10.0. The Kier molecular flexibility index (Phi) is 5.07. The summed E-state index contributed by atoms with van der Waals surface area (Å²) in [6.07, 6.45) is 4.12. The molecule has 1 heterocycles. The van der Waals surface area contributed by atoms with Gasteiger partial charge in [0.15, 0.2) is 5.13 Å². The molecule has 0 aliphatic heterocycles. The van der Waals surface area contributed by atoms with E-state index in [2.05, 4.69) is 31.5 Å². The summed E-state index contributed by atoms with van der Waals surface area (Å²) >= 11 is 4.57. The minimum Gasteiger partial charge on any atom is -0.478 e. The van der Waals surface area contributed by atoms with Crippen LogP contribution in [0.2, 0.25) is 0 Å². The van der Waals surface area contributed by atoms with E-state index >= 15 is 0 Å². The average Bonchev–Trinajstić information content (AvgIpc) is 2.83. The summed E-state index contributed by atoms with van der Waals surface area (Å²) in [5.74, 6) is -1.01. The summed E-state index contributed by atoms with van der Waals surface area (Å²) in [6.45, 7) is 0. The van der Waals surface area contributed by atoms with E-state index in [-0.39, 0.29) is 0 Å². The molecule has 0 unspecified atom stereocenters. The van der Waals surface area contributed by atoms with Crippen molar-refractivity contribution in [2.75, 3.05) is 10.6 Å². The molecule has 6 nitrogen and oxygen atoms in total. The molecule has 108 valence electrons. The van der Waals surface area contributed by atoms with E-state index in [0.29, 0.717) is 10.8 Å². The Morgan fingerprint density at radius 1 is 1.24 bits per heavy atom. The van der Waals surface area contributed by atoms with Crippen molar-refractivity contribution in [3.63, 3.8) is 0 Å². The van der Waals surface area contributed by atoms with Gasteiger partial charge in [0, 0.05) is 11.8 Å². The van der Waals surface area contributed by atoms with Crippen LogP contribution in [0, 0.1) is 0 Å². The Bertz CT molecular complexity index is 682. The number of aromatic nitrogens is 1. The fraction of sp³-hybridized carbons (Fsp3) is 0. The lowest BCUT2D eigenvalue weighted by atomic mass is 10.2. The number of nitrogens with one attached hydrogen (secondary N) is 2. The third-order valence-electron chi connectivity index (χ3n) is 2.28. The smallest absolute Gasteiger partial charge is 0.328 e. The van der Waals surface area contributed by atoms with Crippen molar-refractivity contribution in [3.05, 3.63) is 45.9 Å². The van der Waals surface area contributed by atoms with Crippen LogP contribution in [0.5, 0.6) is 0 Å². The Morgan fingerprint density at radius 2 is 1.95 bits per heavy atom. The van der Waals surface area contributed by atoms with Crippen LogP contribution in [0.25, 0.3) is 6.08 Å². The first-order valence-corrected chi connectivity index (χ1v) is 7.34. The number of aliphatic carboxylic acids is 1. The zero-order valence-electron chi connectivity index (χ0n) is 10.5. The maximum absolute atomic E-state index is 11.7. The van der Waals surface area contributed by atoms with Gasteiger partial charge < -0.3 is 10.4 Å². The number of hydrogen-bond acceptors (Lipinski definition) is 4. The monoisotopic (exact) mass is 367 g/mol. The van der Waals surface area contributed by atoms with Crippen molar-refractivity contribution >= 4 is 56.2 Å². The predicted molar refractivity (Wildman–Crippen MR) is 85.6 cm³/mol. The fourth-order valence-corrected chi connectivity index (χ4v) is 2.52. The Labute approximate surface area is 132 Å². The molecule has 0 bridgehead atoms. The van der Waals surface area contributed by atoms with Gasteiger partial charge in [0.05, 0.1) is 9.98 Å². The van der Waals surface area contributed by atoms with Gasteiger partial charge in [-0.1, -0.05) is 23.5 Å². The van der Waals surface area contributed by atoms with Crippen molar-refractivity contribution in [1.82, 2.24) is 4.98 Å². The molecule has 0 spiro atoms. The molecule has 0 saturated heterocycles. The van der Waals surface area contributed by atoms with E-state index in [1.165, 1.54) is 17.4 Å².